The average Bonchev–Trinajstić information content (AvgIpc) is 2.51. The van der Waals surface area contributed by atoms with Gasteiger partial charge in [0.25, 0.3) is 0 Å². The Labute approximate surface area is 126 Å². The first kappa shape index (κ1) is 13.7. The molecule has 2 aromatic carbocycles. The number of rotatable bonds is 2. The molecule has 0 aromatic heterocycles. The van der Waals surface area contributed by atoms with Gasteiger partial charge in [-0.1, -0.05) is 31.2 Å². The molecule has 3 rings (SSSR count). The van der Waals surface area contributed by atoms with Gasteiger partial charge in [0.1, 0.15) is 11.9 Å². The topological polar surface area (TPSA) is 33.0 Å². The van der Waals surface area contributed by atoms with Crippen LogP contribution in [0.1, 0.15) is 41.7 Å². The number of nitrogens with zero attached hydrogens (tertiary/aromatic N) is 1. The van der Waals surface area contributed by atoms with E-state index in [2.05, 4.69) is 37.3 Å². The van der Waals surface area contributed by atoms with Gasteiger partial charge in [-0.2, -0.15) is 5.26 Å². The maximum absolute atomic E-state index is 8.96. The summed E-state index contributed by atoms with van der Waals surface area (Å²) in [6.07, 6.45) is 2.38. The lowest BCUT2D eigenvalue weighted by atomic mass is 9.82. The van der Waals surface area contributed by atoms with Gasteiger partial charge in [-0.15, -0.1) is 0 Å². The number of hydrogen-bond donors (Lipinski definition) is 0. The number of fused-ring (bicyclic) bond motifs is 1. The number of aryl methyl sites for hydroxylation is 2. The quantitative estimate of drug-likeness (QED) is 0.805. The van der Waals surface area contributed by atoms with E-state index in [1.165, 1.54) is 11.1 Å². The number of benzene rings is 2. The lowest BCUT2D eigenvalue weighted by molar-refractivity contribution is 0.128. The number of ether oxygens (including phenoxy) is 1. The fraction of sp³-hybridized carbons (Fsp3) is 0.316. The van der Waals surface area contributed by atoms with Crippen molar-refractivity contribution >= 4 is 0 Å². The second-order valence-electron chi connectivity index (χ2n) is 5.85. The number of hydrogen-bond acceptors (Lipinski definition) is 2. The summed E-state index contributed by atoms with van der Waals surface area (Å²) in [7, 11) is 0. The van der Waals surface area contributed by atoms with E-state index in [-0.39, 0.29) is 6.10 Å². The normalized spacial score (nSPS) is 20.4. The Kier molecular flexibility index (Phi) is 3.66. The molecule has 0 heterocycles. The van der Waals surface area contributed by atoms with Crippen molar-refractivity contribution in [3.63, 3.8) is 0 Å². The summed E-state index contributed by atoms with van der Waals surface area (Å²) in [5.74, 6) is 1.37. The van der Waals surface area contributed by atoms with Crippen LogP contribution in [0.3, 0.4) is 0 Å². The zero-order chi connectivity index (χ0) is 14.8. The van der Waals surface area contributed by atoms with Gasteiger partial charge in [-0.3, -0.25) is 0 Å². The molecule has 0 saturated carbocycles. The summed E-state index contributed by atoms with van der Waals surface area (Å²) in [5.41, 5.74) is 4.40. The van der Waals surface area contributed by atoms with Gasteiger partial charge in [-0.05, 0) is 60.6 Å². The lowest BCUT2D eigenvalue weighted by Gasteiger charge is -2.32. The Morgan fingerprint density at radius 3 is 2.76 bits per heavy atom. The second-order valence-corrected chi connectivity index (χ2v) is 5.85. The molecule has 106 valence electrons. The van der Waals surface area contributed by atoms with E-state index in [0.29, 0.717) is 11.5 Å². The molecule has 2 heteroatoms. The summed E-state index contributed by atoms with van der Waals surface area (Å²) in [6.45, 7) is 4.25. The van der Waals surface area contributed by atoms with E-state index >= 15 is 0 Å². The van der Waals surface area contributed by atoms with Crippen molar-refractivity contribution < 1.29 is 4.74 Å². The largest absolute Gasteiger partial charge is 0.485 e. The molecule has 0 fully saturated rings. The Morgan fingerprint density at radius 1 is 1.19 bits per heavy atom. The molecule has 2 atom stereocenters. The van der Waals surface area contributed by atoms with Crippen LogP contribution in [0.4, 0.5) is 0 Å². The molecular weight excluding hydrogens is 258 g/mol. The monoisotopic (exact) mass is 277 g/mol. The van der Waals surface area contributed by atoms with Gasteiger partial charge in [0.2, 0.25) is 0 Å². The van der Waals surface area contributed by atoms with Crippen molar-refractivity contribution in [1.82, 2.24) is 0 Å². The highest BCUT2D eigenvalue weighted by Gasteiger charge is 2.28. The molecule has 1 aliphatic carbocycles. The van der Waals surface area contributed by atoms with Crippen LogP contribution in [0.15, 0.2) is 42.5 Å². The Hall–Kier alpha value is -2.27. The predicted octanol–water partition coefficient (Wildman–Crippen LogP) is 4.57. The van der Waals surface area contributed by atoms with Gasteiger partial charge < -0.3 is 4.74 Å². The van der Waals surface area contributed by atoms with Crippen molar-refractivity contribution in [2.45, 2.75) is 32.8 Å². The first-order valence-corrected chi connectivity index (χ1v) is 7.44. The minimum Gasteiger partial charge on any atom is -0.485 e. The smallest absolute Gasteiger partial charge is 0.127 e. The van der Waals surface area contributed by atoms with Gasteiger partial charge >= 0.3 is 0 Å². The molecule has 2 nitrogen and oxygen atoms in total. The molecule has 0 bridgehead atoms. The fourth-order valence-corrected chi connectivity index (χ4v) is 3.05. The Morgan fingerprint density at radius 2 is 2.00 bits per heavy atom. The van der Waals surface area contributed by atoms with Crippen molar-refractivity contribution in [1.29, 1.82) is 5.26 Å². The summed E-state index contributed by atoms with van der Waals surface area (Å²) < 4.78 is 6.31. The summed E-state index contributed by atoms with van der Waals surface area (Å²) in [4.78, 5) is 0. The van der Waals surface area contributed by atoms with Crippen molar-refractivity contribution in [3.8, 4) is 11.8 Å². The molecule has 0 N–H and O–H groups in total. The molecule has 1 unspecified atom stereocenters. The van der Waals surface area contributed by atoms with Gasteiger partial charge in [0, 0.05) is 0 Å². The molecule has 1 aliphatic rings. The van der Waals surface area contributed by atoms with E-state index in [1.54, 1.807) is 0 Å². The third-order valence-corrected chi connectivity index (χ3v) is 4.31. The highest BCUT2D eigenvalue weighted by atomic mass is 16.5. The SMILES string of the molecule is Cc1cc(C#N)ccc1O[C@H]1c2ccccc2CCC1C. The summed E-state index contributed by atoms with van der Waals surface area (Å²) >= 11 is 0. The standard InChI is InChI=1S/C19H19NO/c1-13-7-9-16-5-3-4-6-17(16)19(13)21-18-10-8-15(12-20)11-14(18)2/h3-6,8,10-11,13,19H,7,9H2,1-2H3/t13?,19-/m1/s1. The van der Waals surface area contributed by atoms with E-state index < -0.39 is 0 Å². The van der Waals surface area contributed by atoms with Crippen LogP contribution < -0.4 is 4.74 Å². The van der Waals surface area contributed by atoms with Crippen molar-refractivity contribution in [2.75, 3.05) is 0 Å². The maximum atomic E-state index is 8.96. The number of nitriles is 1. The lowest BCUT2D eigenvalue weighted by Crippen LogP contribution is -2.23. The predicted molar refractivity (Wildman–Crippen MR) is 83.2 cm³/mol. The van der Waals surface area contributed by atoms with Gasteiger partial charge in [0.15, 0.2) is 0 Å². The van der Waals surface area contributed by atoms with Crippen LogP contribution in [-0.4, -0.2) is 0 Å². The minimum absolute atomic E-state index is 0.0987. The van der Waals surface area contributed by atoms with E-state index in [0.717, 1.165) is 24.2 Å². The van der Waals surface area contributed by atoms with Crippen LogP contribution in [0.2, 0.25) is 0 Å². The summed E-state index contributed by atoms with van der Waals surface area (Å²) in [6, 6.07) is 16.3. The van der Waals surface area contributed by atoms with Crippen molar-refractivity contribution in [2.24, 2.45) is 5.92 Å². The molecule has 21 heavy (non-hydrogen) atoms. The highest BCUT2D eigenvalue weighted by molar-refractivity contribution is 5.42. The van der Waals surface area contributed by atoms with Crippen LogP contribution in [0.25, 0.3) is 0 Å². The summed E-state index contributed by atoms with van der Waals surface area (Å²) in [5, 5.41) is 8.96. The zero-order valence-electron chi connectivity index (χ0n) is 12.5. The van der Waals surface area contributed by atoms with E-state index in [1.807, 2.05) is 25.1 Å². The maximum Gasteiger partial charge on any atom is 0.127 e. The van der Waals surface area contributed by atoms with E-state index in [4.69, 9.17) is 10.00 Å². The highest BCUT2D eigenvalue weighted by Crippen LogP contribution is 2.38. The zero-order valence-corrected chi connectivity index (χ0v) is 12.5. The Bertz CT molecular complexity index is 699. The van der Waals surface area contributed by atoms with Crippen LogP contribution in [0, 0.1) is 24.2 Å². The first-order valence-electron chi connectivity index (χ1n) is 7.44. The molecular formula is C19H19NO. The van der Waals surface area contributed by atoms with Gasteiger partial charge in [-0.25, -0.2) is 0 Å². The molecule has 0 spiro atoms. The van der Waals surface area contributed by atoms with Crippen LogP contribution in [0.5, 0.6) is 5.75 Å². The molecule has 0 amide bonds. The van der Waals surface area contributed by atoms with Gasteiger partial charge in [0.05, 0.1) is 11.6 Å². The van der Waals surface area contributed by atoms with E-state index in [9.17, 15) is 0 Å². The first-order chi connectivity index (χ1) is 10.2. The van der Waals surface area contributed by atoms with Crippen LogP contribution >= 0.6 is 0 Å². The van der Waals surface area contributed by atoms with Crippen molar-refractivity contribution in [3.05, 3.63) is 64.7 Å². The third-order valence-electron chi connectivity index (χ3n) is 4.31. The molecule has 2 aromatic rings. The van der Waals surface area contributed by atoms with Crippen LogP contribution in [-0.2, 0) is 6.42 Å². The average molecular weight is 277 g/mol. The minimum atomic E-state index is 0.0987. The fourth-order valence-electron chi connectivity index (χ4n) is 3.05. The molecule has 0 saturated heterocycles. The molecule has 0 aliphatic heterocycles. The second kappa shape index (κ2) is 5.61. The molecule has 0 radical (unpaired) electrons. The third kappa shape index (κ3) is 2.64. The Balaban J connectivity index is 1.93.